The molecule has 27 heavy (non-hydrogen) atoms. The summed E-state index contributed by atoms with van der Waals surface area (Å²) in [5.41, 5.74) is 2.62. The van der Waals surface area contributed by atoms with Crippen molar-refractivity contribution < 1.29 is 9.90 Å². The summed E-state index contributed by atoms with van der Waals surface area (Å²) < 4.78 is 0. The van der Waals surface area contributed by atoms with E-state index in [1.165, 1.54) is 0 Å². The van der Waals surface area contributed by atoms with Crippen LogP contribution in [-0.4, -0.2) is 65.1 Å². The molecule has 0 saturated carbocycles. The SMILES string of the molecule is O=C1C[C@H](c2ccc(Cl)cc2)Cc2nc(N3CCN(CCO)CC3)ncc21. The zero-order valence-corrected chi connectivity index (χ0v) is 15.9. The van der Waals surface area contributed by atoms with Crippen LogP contribution in [0, 0.1) is 0 Å². The lowest BCUT2D eigenvalue weighted by Crippen LogP contribution is -2.47. The molecule has 1 saturated heterocycles. The number of ketones is 1. The number of aliphatic hydroxyl groups excluding tert-OH is 1. The number of nitrogens with zero attached hydrogens (tertiary/aromatic N) is 4. The third kappa shape index (κ3) is 3.98. The fourth-order valence-corrected chi connectivity index (χ4v) is 4.00. The van der Waals surface area contributed by atoms with E-state index in [9.17, 15) is 4.79 Å². The average Bonchev–Trinajstić information content (AvgIpc) is 2.69. The van der Waals surface area contributed by atoms with Crippen molar-refractivity contribution in [3.05, 3.63) is 52.3 Å². The van der Waals surface area contributed by atoms with Crippen LogP contribution in [0.1, 0.15) is 34.0 Å². The Morgan fingerprint density at radius 3 is 2.56 bits per heavy atom. The molecule has 6 nitrogen and oxygen atoms in total. The van der Waals surface area contributed by atoms with Crippen LogP contribution >= 0.6 is 11.6 Å². The quantitative estimate of drug-likeness (QED) is 0.868. The van der Waals surface area contributed by atoms with Gasteiger partial charge in [-0.3, -0.25) is 9.69 Å². The van der Waals surface area contributed by atoms with Crippen LogP contribution in [0.5, 0.6) is 0 Å². The van der Waals surface area contributed by atoms with E-state index >= 15 is 0 Å². The Kier molecular flexibility index (Phi) is 5.38. The summed E-state index contributed by atoms with van der Waals surface area (Å²) in [6.45, 7) is 4.31. The molecule has 142 valence electrons. The zero-order chi connectivity index (χ0) is 18.8. The Balaban J connectivity index is 1.52. The number of hydrogen-bond donors (Lipinski definition) is 1. The molecular weight excluding hydrogens is 364 g/mol. The number of carbonyl (C=O) groups is 1. The number of rotatable bonds is 4. The van der Waals surface area contributed by atoms with Gasteiger partial charge in [-0.1, -0.05) is 23.7 Å². The molecule has 1 fully saturated rings. The molecule has 7 heteroatoms. The Morgan fingerprint density at radius 1 is 1.11 bits per heavy atom. The average molecular weight is 387 g/mol. The molecule has 2 heterocycles. The van der Waals surface area contributed by atoms with Crippen molar-refractivity contribution in [3.8, 4) is 0 Å². The van der Waals surface area contributed by atoms with Crippen LogP contribution in [-0.2, 0) is 6.42 Å². The first-order valence-corrected chi connectivity index (χ1v) is 9.74. The normalized spacial score (nSPS) is 20.6. The third-order valence-electron chi connectivity index (χ3n) is 5.44. The predicted molar refractivity (Wildman–Crippen MR) is 105 cm³/mol. The molecule has 1 N–H and O–H groups in total. The van der Waals surface area contributed by atoms with E-state index < -0.39 is 0 Å². The minimum absolute atomic E-state index is 0.107. The van der Waals surface area contributed by atoms with E-state index in [2.05, 4.69) is 14.8 Å². The van der Waals surface area contributed by atoms with Gasteiger partial charge >= 0.3 is 0 Å². The van der Waals surface area contributed by atoms with E-state index in [-0.39, 0.29) is 18.3 Å². The van der Waals surface area contributed by atoms with E-state index in [1.54, 1.807) is 6.20 Å². The maximum Gasteiger partial charge on any atom is 0.225 e. The molecule has 4 rings (SSSR count). The van der Waals surface area contributed by atoms with Gasteiger partial charge in [0.05, 0.1) is 17.9 Å². The highest BCUT2D eigenvalue weighted by atomic mass is 35.5. The monoisotopic (exact) mass is 386 g/mol. The molecule has 0 amide bonds. The number of hydrogen-bond acceptors (Lipinski definition) is 6. The number of aliphatic hydroxyl groups is 1. The van der Waals surface area contributed by atoms with Gasteiger partial charge in [0.15, 0.2) is 5.78 Å². The van der Waals surface area contributed by atoms with Gasteiger partial charge in [-0.2, -0.15) is 0 Å². The van der Waals surface area contributed by atoms with Gasteiger partial charge in [0, 0.05) is 50.4 Å². The number of aromatic nitrogens is 2. The molecule has 1 aliphatic heterocycles. The summed E-state index contributed by atoms with van der Waals surface area (Å²) in [5, 5.41) is 9.77. The number of benzene rings is 1. The lowest BCUT2D eigenvalue weighted by Gasteiger charge is -2.34. The fraction of sp³-hybridized carbons (Fsp3) is 0.450. The summed E-state index contributed by atoms with van der Waals surface area (Å²) in [5.74, 6) is 0.934. The van der Waals surface area contributed by atoms with Gasteiger partial charge in [0.2, 0.25) is 5.95 Å². The third-order valence-corrected chi connectivity index (χ3v) is 5.69. The molecule has 2 aliphatic rings. The summed E-state index contributed by atoms with van der Waals surface area (Å²) in [6.07, 6.45) is 2.91. The van der Waals surface area contributed by atoms with E-state index in [4.69, 9.17) is 21.7 Å². The molecular formula is C20H23ClN4O2. The minimum Gasteiger partial charge on any atom is -0.395 e. The Hall–Kier alpha value is -2.02. The second kappa shape index (κ2) is 7.92. The summed E-state index contributed by atoms with van der Waals surface area (Å²) in [6, 6.07) is 7.73. The second-order valence-corrected chi connectivity index (χ2v) is 7.60. The number of Topliss-reactive ketones (excluding diaryl/α,β-unsaturated/α-hetero) is 1. The van der Waals surface area contributed by atoms with Crippen molar-refractivity contribution in [1.29, 1.82) is 0 Å². The maximum atomic E-state index is 12.6. The van der Waals surface area contributed by atoms with Crippen LogP contribution in [0.3, 0.4) is 0 Å². The summed E-state index contributed by atoms with van der Waals surface area (Å²) in [4.78, 5) is 26.2. The lowest BCUT2D eigenvalue weighted by atomic mass is 9.82. The Bertz CT molecular complexity index is 819. The van der Waals surface area contributed by atoms with E-state index in [1.807, 2.05) is 24.3 Å². The van der Waals surface area contributed by atoms with Crippen LogP contribution in [0.15, 0.2) is 30.5 Å². The van der Waals surface area contributed by atoms with Crippen molar-refractivity contribution in [2.75, 3.05) is 44.2 Å². The fourth-order valence-electron chi connectivity index (χ4n) is 3.87. The van der Waals surface area contributed by atoms with Crippen LogP contribution < -0.4 is 4.90 Å². The molecule has 1 aliphatic carbocycles. The predicted octanol–water partition coefficient (Wildman–Crippen LogP) is 2.16. The highest BCUT2D eigenvalue weighted by Gasteiger charge is 2.29. The van der Waals surface area contributed by atoms with Gasteiger partial charge < -0.3 is 10.0 Å². The minimum atomic E-state index is 0.107. The first-order valence-electron chi connectivity index (χ1n) is 9.37. The number of fused-ring (bicyclic) bond motifs is 1. The van der Waals surface area contributed by atoms with Crippen molar-refractivity contribution in [1.82, 2.24) is 14.9 Å². The Morgan fingerprint density at radius 2 is 1.85 bits per heavy atom. The Labute approximate surface area is 163 Å². The molecule has 2 aromatic rings. The largest absolute Gasteiger partial charge is 0.395 e. The topological polar surface area (TPSA) is 69.6 Å². The molecule has 0 unspecified atom stereocenters. The molecule has 0 spiro atoms. The van der Waals surface area contributed by atoms with Crippen LogP contribution in [0.4, 0.5) is 5.95 Å². The van der Waals surface area contributed by atoms with Crippen molar-refractivity contribution in [3.63, 3.8) is 0 Å². The molecule has 0 bridgehead atoms. The highest BCUT2D eigenvalue weighted by Crippen LogP contribution is 2.32. The van der Waals surface area contributed by atoms with Crippen LogP contribution in [0.2, 0.25) is 5.02 Å². The van der Waals surface area contributed by atoms with Crippen molar-refractivity contribution in [2.45, 2.75) is 18.8 Å². The molecule has 1 atom stereocenters. The lowest BCUT2D eigenvalue weighted by molar-refractivity contribution is 0.0962. The molecule has 1 aromatic heterocycles. The summed E-state index contributed by atoms with van der Waals surface area (Å²) in [7, 11) is 0. The summed E-state index contributed by atoms with van der Waals surface area (Å²) >= 11 is 5.99. The maximum absolute atomic E-state index is 12.6. The number of halogens is 1. The van der Waals surface area contributed by atoms with Crippen molar-refractivity contribution >= 4 is 23.3 Å². The zero-order valence-electron chi connectivity index (χ0n) is 15.1. The number of piperazine rings is 1. The van der Waals surface area contributed by atoms with Gasteiger partial charge in [0.1, 0.15) is 0 Å². The van der Waals surface area contributed by atoms with E-state index in [0.29, 0.717) is 29.5 Å². The van der Waals surface area contributed by atoms with Crippen LogP contribution in [0.25, 0.3) is 0 Å². The van der Waals surface area contributed by atoms with E-state index in [0.717, 1.165) is 43.9 Å². The number of carbonyl (C=O) groups excluding carboxylic acids is 1. The van der Waals surface area contributed by atoms with Gasteiger partial charge in [-0.25, -0.2) is 9.97 Å². The highest BCUT2D eigenvalue weighted by molar-refractivity contribution is 6.30. The van der Waals surface area contributed by atoms with Crippen molar-refractivity contribution in [2.24, 2.45) is 0 Å². The number of β-amino-alcohol motifs (C(OH)–C–C–N with tert-alkyl or cyclic N) is 1. The van der Waals surface area contributed by atoms with Gasteiger partial charge in [-0.15, -0.1) is 0 Å². The molecule has 0 radical (unpaired) electrons. The first kappa shape index (κ1) is 18.3. The number of anilines is 1. The van der Waals surface area contributed by atoms with Gasteiger partial charge in [-0.05, 0) is 30.0 Å². The smallest absolute Gasteiger partial charge is 0.225 e. The first-order chi connectivity index (χ1) is 13.1. The van der Waals surface area contributed by atoms with Gasteiger partial charge in [0.25, 0.3) is 0 Å². The standard InChI is InChI=1S/C20H23ClN4O2/c21-16-3-1-14(2-4-16)15-11-18-17(19(27)12-15)13-22-20(23-18)25-7-5-24(6-8-25)9-10-26/h1-4,13,15,26H,5-12H2/t15-/m1/s1. The molecule has 1 aromatic carbocycles. The second-order valence-electron chi connectivity index (χ2n) is 7.16.